The molecule has 1 rings (SSSR count). The first-order valence-corrected chi connectivity index (χ1v) is 5.15. The lowest BCUT2D eigenvalue weighted by atomic mass is 10.2. The Labute approximate surface area is 90.4 Å². The van der Waals surface area contributed by atoms with Gasteiger partial charge in [0.25, 0.3) is 0 Å². The first kappa shape index (κ1) is 11.4. The van der Waals surface area contributed by atoms with Crippen LogP contribution in [-0.4, -0.2) is 28.9 Å². The molecule has 1 aromatic heterocycles. The van der Waals surface area contributed by atoms with Crippen molar-refractivity contribution in [3.05, 3.63) is 36.2 Å². The van der Waals surface area contributed by atoms with Crippen LogP contribution in [0.5, 0.6) is 0 Å². The van der Waals surface area contributed by atoms with E-state index in [1.807, 2.05) is 26.0 Å². The van der Waals surface area contributed by atoms with Crippen molar-refractivity contribution in [2.24, 2.45) is 0 Å². The predicted molar refractivity (Wildman–Crippen MR) is 61.2 cm³/mol. The molecule has 80 valence electrons. The lowest BCUT2D eigenvalue weighted by molar-refractivity contribution is -0.125. The SMILES string of the molecule is CCN(CC)C(=O)/C=C/c1cccnc1. The minimum atomic E-state index is 0.0452. The number of amides is 1. The van der Waals surface area contributed by atoms with Gasteiger partial charge in [0.05, 0.1) is 0 Å². The number of aromatic nitrogens is 1. The second-order valence-electron chi connectivity index (χ2n) is 3.13. The van der Waals surface area contributed by atoms with Gasteiger partial charge in [-0.3, -0.25) is 9.78 Å². The average Bonchev–Trinajstić information content (AvgIpc) is 2.29. The van der Waals surface area contributed by atoms with Crippen molar-refractivity contribution in [3.8, 4) is 0 Å². The summed E-state index contributed by atoms with van der Waals surface area (Å²) >= 11 is 0. The Hall–Kier alpha value is -1.64. The topological polar surface area (TPSA) is 33.2 Å². The number of hydrogen-bond donors (Lipinski definition) is 0. The Balaban J connectivity index is 2.62. The van der Waals surface area contributed by atoms with E-state index >= 15 is 0 Å². The van der Waals surface area contributed by atoms with Crippen molar-refractivity contribution in [2.75, 3.05) is 13.1 Å². The second-order valence-corrected chi connectivity index (χ2v) is 3.13. The fraction of sp³-hybridized carbons (Fsp3) is 0.333. The van der Waals surface area contributed by atoms with Crippen LogP contribution in [0.4, 0.5) is 0 Å². The number of rotatable bonds is 4. The zero-order valence-electron chi connectivity index (χ0n) is 9.18. The average molecular weight is 204 g/mol. The summed E-state index contributed by atoms with van der Waals surface area (Å²) in [5, 5.41) is 0. The zero-order chi connectivity index (χ0) is 11.1. The van der Waals surface area contributed by atoms with Crippen LogP contribution < -0.4 is 0 Å². The van der Waals surface area contributed by atoms with Crippen molar-refractivity contribution >= 4 is 12.0 Å². The summed E-state index contributed by atoms with van der Waals surface area (Å²) < 4.78 is 0. The Bertz CT molecular complexity index is 329. The fourth-order valence-electron chi connectivity index (χ4n) is 1.28. The molecule has 3 heteroatoms. The van der Waals surface area contributed by atoms with Crippen LogP contribution in [-0.2, 0) is 4.79 Å². The van der Waals surface area contributed by atoms with E-state index in [0.717, 1.165) is 18.7 Å². The van der Waals surface area contributed by atoms with E-state index in [1.165, 1.54) is 0 Å². The molecule has 0 aromatic carbocycles. The van der Waals surface area contributed by atoms with Gasteiger partial charge < -0.3 is 4.90 Å². The van der Waals surface area contributed by atoms with Crippen molar-refractivity contribution in [2.45, 2.75) is 13.8 Å². The van der Waals surface area contributed by atoms with Gasteiger partial charge >= 0.3 is 0 Å². The lowest BCUT2D eigenvalue weighted by Gasteiger charge is -2.15. The van der Waals surface area contributed by atoms with E-state index < -0.39 is 0 Å². The van der Waals surface area contributed by atoms with Crippen molar-refractivity contribution in [1.29, 1.82) is 0 Å². The molecule has 15 heavy (non-hydrogen) atoms. The normalized spacial score (nSPS) is 10.5. The number of hydrogen-bond acceptors (Lipinski definition) is 2. The third kappa shape index (κ3) is 3.54. The van der Waals surface area contributed by atoms with Gasteiger partial charge in [0.1, 0.15) is 0 Å². The van der Waals surface area contributed by atoms with Crippen molar-refractivity contribution in [3.63, 3.8) is 0 Å². The Morgan fingerprint density at radius 2 is 2.20 bits per heavy atom. The highest BCUT2D eigenvalue weighted by Crippen LogP contribution is 2.00. The highest BCUT2D eigenvalue weighted by atomic mass is 16.2. The van der Waals surface area contributed by atoms with Crippen LogP contribution in [0.15, 0.2) is 30.6 Å². The summed E-state index contributed by atoms with van der Waals surface area (Å²) in [7, 11) is 0. The smallest absolute Gasteiger partial charge is 0.246 e. The van der Waals surface area contributed by atoms with Gasteiger partial charge in [-0.2, -0.15) is 0 Å². The number of likely N-dealkylation sites (N-methyl/N-ethyl adjacent to an activating group) is 1. The van der Waals surface area contributed by atoms with Crippen LogP contribution in [0, 0.1) is 0 Å². The van der Waals surface area contributed by atoms with Gasteiger partial charge in [-0.05, 0) is 31.6 Å². The van der Waals surface area contributed by atoms with E-state index in [0.29, 0.717) is 0 Å². The maximum Gasteiger partial charge on any atom is 0.246 e. The summed E-state index contributed by atoms with van der Waals surface area (Å²) in [6, 6.07) is 3.76. The second kappa shape index (κ2) is 5.96. The molecule has 1 heterocycles. The molecule has 0 bridgehead atoms. The molecular weight excluding hydrogens is 188 g/mol. The lowest BCUT2D eigenvalue weighted by Crippen LogP contribution is -2.28. The molecule has 0 aliphatic rings. The van der Waals surface area contributed by atoms with E-state index in [2.05, 4.69) is 4.98 Å². The largest absolute Gasteiger partial charge is 0.340 e. The molecule has 0 radical (unpaired) electrons. The molecule has 1 aromatic rings. The number of pyridine rings is 1. The molecule has 0 N–H and O–H groups in total. The van der Waals surface area contributed by atoms with Crippen molar-refractivity contribution in [1.82, 2.24) is 9.88 Å². The third-order valence-corrected chi connectivity index (χ3v) is 2.18. The van der Waals surface area contributed by atoms with E-state index in [9.17, 15) is 4.79 Å². The van der Waals surface area contributed by atoms with E-state index in [-0.39, 0.29) is 5.91 Å². The molecule has 0 fully saturated rings. The van der Waals surface area contributed by atoms with Gasteiger partial charge in [0.2, 0.25) is 5.91 Å². The van der Waals surface area contributed by atoms with Gasteiger partial charge in [-0.15, -0.1) is 0 Å². The maximum absolute atomic E-state index is 11.6. The molecule has 0 unspecified atom stereocenters. The molecule has 3 nitrogen and oxygen atoms in total. The minimum Gasteiger partial charge on any atom is -0.340 e. The van der Waals surface area contributed by atoms with Crippen molar-refractivity contribution < 1.29 is 4.79 Å². The van der Waals surface area contributed by atoms with Gasteiger partial charge in [-0.1, -0.05) is 6.07 Å². The Kier molecular flexibility index (Phi) is 4.54. The summed E-state index contributed by atoms with van der Waals surface area (Å²) in [6.45, 7) is 5.43. The van der Waals surface area contributed by atoms with E-state index in [4.69, 9.17) is 0 Å². The van der Waals surface area contributed by atoms with E-state index in [1.54, 1.807) is 29.4 Å². The molecule has 0 saturated carbocycles. The molecule has 0 saturated heterocycles. The highest BCUT2D eigenvalue weighted by Gasteiger charge is 2.03. The fourth-order valence-corrected chi connectivity index (χ4v) is 1.28. The molecular formula is C12H16N2O. The van der Waals surface area contributed by atoms with Gasteiger partial charge in [-0.25, -0.2) is 0 Å². The van der Waals surface area contributed by atoms with Crippen LogP contribution in [0.25, 0.3) is 6.08 Å². The molecule has 0 spiro atoms. The highest BCUT2D eigenvalue weighted by molar-refractivity contribution is 5.91. The van der Waals surface area contributed by atoms with Gasteiger partial charge in [0, 0.05) is 31.6 Å². The first-order chi connectivity index (χ1) is 7.27. The summed E-state index contributed by atoms with van der Waals surface area (Å²) in [5.41, 5.74) is 0.943. The summed E-state index contributed by atoms with van der Waals surface area (Å²) in [4.78, 5) is 17.3. The quantitative estimate of drug-likeness (QED) is 0.702. The Morgan fingerprint density at radius 3 is 2.73 bits per heavy atom. The molecule has 0 aliphatic heterocycles. The standard InChI is InChI=1S/C12H16N2O/c1-3-14(4-2)12(15)8-7-11-6-5-9-13-10-11/h5-10H,3-4H2,1-2H3/b8-7+. The number of carbonyl (C=O) groups is 1. The molecule has 0 aliphatic carbocycles. The predicted octanol–water partition coefficient (Wildman–Crippen LogP) is 1.96. The first-order valence-electron chi connectivity index (χ1n) is 5.15. The zero-order valence-corrected chi connectivity index (χ0v) is 9.18. The summed E-state index contributed by atoms with van der Waals surface area (Å²) in [5.74, 6) is 0.0452. The molecule has 1 amide bonds. The summed E-state index contributed by atoms with van der Waals surface area (Å²) in [6.07, 6.45) is 6.81. The van der Waals surface area contributed by atoms with Crippen LogP contribution in [0.2, 0.25) is 0 Å². The van der Waals surface area contributed by atoms with Crippen LogP contribution >= 0.6 is 0 Å². The maximum atomic E-state index is 11.6. The molecule has 0 atom stereocenters. The third-order valence-electron chi connectivity index (χ3n) is 2.18. The number of nitrogens with zero attached hydrogens (tertiary/aromatic N) is 2. The Morgan fingerprint density at radius 1 is 1.47 bits per heavy atom. The van der Waals surface area contributed by atoms with Gasteiger partial charge in [0.15, 0.2) is 0 Å². The minimum absolute atomic E-state index is 0.0452. The van der Waals surface area contributed by atoms with Crippen LogP contribution in [0.3, 0.4) is 0 Å². The van der Waals surface area contributed by atoms with Crippen LogP contribution in [0.1, 0.15) is 19.4 Å². The monoisotopic (exact) mass is 204 g/mol. The number of carbonyl (C=O) groups excluding carboxylic acids is 1.